The van der Waals surface area contributed by atoms with Crippen LogP contribution >= 0.6 is 11.3 Å². The molecule has 2 atom stereocenters. The fraction of sp³-hybridized carbons (Fsp3) is 0.538. The number of nitrogens with one attached hydrogen (secondary N) is 2. The quantitative estimate of drug-likeness (QED) is 0.763. The molecule has 1 aromatic heterocycles. The van der Waals surface area contributed by atoms with E-state index in [9.17, 15) is 14.7 Å². The van der Waals surface area contributed by atoms with Crippen LogP contribution in [0.1, 0.15) is 18.2 Å². The number of hydrogen-bond acceptors (Lipinski definition) is 4. The summed E-state index contributed by atoms with van der Waals surface area (Å²) in [6.45, 7) is 2.24. The number of aliphatic carboxylic acids is 1. The molecule has 2 amide bonds. The highest BCUT2D eigenvalue weighted by Crippen LogP contribution is 2.19. The van der Waals surface area contributed by atoms with Gasteiger partial charge in [0, 0.05) is 30.4 Å². The van der Waals surface area contributed by atoms with Crippen LogP contribution in [0, 0.1) is 0 Å². The van der Waals surface area contributed by atoms with Crippen LogP contribution in [-0.4, -0.2) is 41.9 Å². The van der Waals surface area contributed by atoms with Gasteiger partial charge >= 0.3 is 12.0 Å². The summed E-state index contributed by atoms with van der Waals surface area (Å²) in [4.78, 5) is 24.4. The third kappa shape index (κ3) is 3.49. The average Bonchev–Trinajstić information content (AvgIpc) is 3.00. The Bertz CT molecular complexity index is 469. The van der Waals surface area contributed by atoms with Crippen molar-refractivity contribution in [2.45, 2.75) is 31.3 Å². The number of thiophene rings is 1. The molecule has 110 valence electrons. The van der Waals surface area contributed by atoms with Crippen LogP contribution in [0.3, 0.4) is 0 Å². The lowest BCUT2D eigenvalue weighted by atomic mass is 9.99. The summed E-state index contributed by atoms with van der Waals surface area (Å²) in [5.74, 6) is -1.06. The maximum Gasteiger partial charge on any atom is 0.332 e. The zero-order valence-corrected chi connectivity index (χ0v) is 12.0. The summed E-state index contributed by atoms with van der Waals surface area (Å²) in [5, 5.41) is 16.5. The van der Waals surface area contributed by atoms with Crippen LogP contribution < -0.4 is 10.6 Å². The first-order chi connectivity index (χ1) is 9.52. The van der Waals surface area contributed by atoms with Gasteiger partial charge in [-0.1, -0.05) is 6.07 Å². The standard InChI is InChI=1S/C13H18N2O4S/c1-9(7-10-3-2-6-20-10)14-12(18)15-13(11(16)17)4-5-19-8-13/h2-3,6,9H,4-5,7-8H2,1H3,(H,16,17)(H2,14,15,18). The second kappa shape index (κ2) is 6.23. The highest BCUT2D eigenvalue weighted by Gasteiger charge is 2.44. The predicted octanol–water partition coefficient (Wildman–Crippen LogP) is 1.22. The molecule has 0 bridgehead atoms. The predicted molar refractivity (Wildman–Crippen MR) is 75.0 cm³/mol. The first-order valence-electron chi connectivity index (χ1n) is 6.44. The van der Waals surface area contributed by atoms with E-state index in [0.29, 0.717) is 6.61 Å². The molecule has 20 heavy (non-hydrogen) atoms. The highest BCUT2D eigenvalue weighted by atomic mass is 32.1. The van der Waals surface area contributed by atoms with Gasteiger partial charge in [0.05, 0.1) is 6.61 Å². The molecule has 7 heteroatoms. The van der Waals surface area contributed by atoms with E-state index in [1.165, 1.54) is 4.88 Å². The Kier molecular flexibility index (Phi) is 4.61. The van der Waals surface area contributed by atoms with E-state index in [-0.39, 0.29) is 19.1 Å². The molecule has 3 N–H and O–H groups in total. The Balaban J connectivity index is 1.86. The highest BCUT2D eigenvalue weighted by molar-refractivity contribution is 7.09. The SMILES string of the molecule is CC(Cc1cccs1)NC(=O)NC1(C(=O)O)CCOC1. The van der Waals surface area contributed by atoms with E-state index >= 15 is 0 Å². The van der Waals surface area contributed by atoms with Gasteiger partial charge in [0.25, 0.3) is 0 Å². The number of carboxylic acid groups (broad SMARTS) is 1. The zero-order valence-electron chi connectivity index (χ0n) is 11.2. The van der Waals surface area contributed by atoms with E-state index in [1.807, 2.05) is 24.4 Å². The molecule has 2 heterocycles. The summed E-state index contributed by atoms with van der Waals surface area (Å²) in [6.07, 6.45) is 1.01. The molecule has 0 saturated carbocycles. The number of amides is 2. The smallest absolute Gasteiger partial charge is 0.332 e. The lowest BCUT2D eigenvalue weighted by Gasteiger charge is -2.25. The van der Waals surface area contributed by atoms with Gasteiger partial charge in [-0.05, 0) is 18.4 Å². The molecule has 1 aliphatic heterocycles. The molecule has 0 radical (unpaired) electrons. The lowest BCUT2D eigenvalue weighted by Crippen LogP contribution is -2.58. The maximum atomic E-state index is 11.9. The third-order valence-corrected chi connectivity index (χ3v) is 4.15. The van der Waals surface area contributed by atoms with Crippen LogP contribution in [0.5, 0.6) is 0 Å². The van der Waals surface area contributed by atoms with Gasteiger partial charge in [-0.25, -0.2) is 9.59 Å². The number of urea groups is 1. The Morgan fingerprint density at radius 2 is 2.40 bits per heavy atom. The average molecular weight is 298 g/mol. The minimum Gasteiger partial charge on any atom is -0.479 e. The Hall–Kier alpha value is -1.60. The Morgan fingerprint density at radius 3 is 2.95 bits per heavy atom. The monoisotopic (exact) mass is 298 g/mol. The molecule has 1 fully saturated rings. The molecule has 1 aromatic rings. The van der Waals surface area contributed by atoms with Gasteiger partial charge in [-0.2, -0.15) is 0 Å². The normalized spacial score (nSPS) is 23.2. The third-order valence-electron chi connectivity index (χ3n) is 3.25. The van der Waals surface area contributed by atoms with Crippen LogP contribution in [0.15, 0.2) is 17.5 Å². The van der Waals surface area contributed by atoms with Gasteiger partial charge in [0.15, 0.2) is 5.54 Å². The van der Waals surface area contributed by atoms with Crippen LogP contribution in [0.25, 0.3) is 0 Å². The number of rotatable bonds is 5. The fourth-order valence-corrected chi connectivity index (χ4v) is 2.98. The van der Waals surface area contributed by atoms with Gasteiger partial charge < -0.3 is 20.5 Å². The van der Waals surface area contributed by atoms with Gasteiger partial charge in [0.2, 0.25) is 0 Å². The lowest BCUT2D eigenvalue weighted by molar-refractivity contribution is -0.144. The van der Waals surface area contributed by atoms with Gasteiger partial charge in [0.1, 0.15) is 0 Å². The van der Waals surface area contributed by atoms with Crippen molar-refractivity contribution in [3.05, 3.63) is 22.4 Å². The number of ether oxygens (including phenoxy) is 1. The van der Waals surface area contributed by atoms with Crippen molar-refractivity contribution in [1.29, 1.82) is 0 Å². The van der Waals surface area contributed by atoms with Crippen LogP contribution in [0.2, 0.25) is 0 Å². The summed E-state index contributed by atoms with van der Waals surface area (Å²) in [6, 6.07) is 3.43. The van der Waals surface area contributed by atoms with Crippen LogP contribution in [0.4, 0.5) is 4.79 Å². The largest absolute Gasteiger partial charge is 0.479 e. The Labute approximate surface area is 121 Å². The molecule has 1 saturated heterocycles. The molecule has 0 aliphatic carbocycles. The molecule has 0 spiro atoms. The second-order valence-electron chi connectivity index (χ2n) is 4.97. The van der Waals surface area contributed by atoms with Gasteiger partial charge in [-0.15, -0.1) is 11.3 Å². The van der Waals surface area contributed by atoms with E-state index < -0.39 is 17.5 Å². The minimum absolute atomic E-state index is 0.00899. The molecule has 2 unspecified atom stereocenters. The van der Waals surface area contributed by atoms with Crippen molar-refractivity contribution >= 4 is 23.3 Å². The molecule has 6 nitrogen and oxygen atoms in total. The van der Waals surface area contributed by atoms with Crippen molar-refractivity contribution in [1.82, 2.24) is 10.6 Å². The van der Waals surface area contributed by atoms with E-state index in [0.717, 1.165) is 6.42 Å². The molecule has 0 aromatic carbocycles. The van der Waals surface area contributed by atoms with Crippen molar-refractivity contribution in [3.63, 3.8) is 0 Å². The number of hydrogen-bond donors (Lipinski definition) is 3. The van der Waals surface area contributed by atoms with E-state index in [1.54, 1.807) is 11.3 Å². The molecular formula is C13H18N2O4S. The summed E-state index contributed by atoms with van der Waals surface area (Å²) in [7, 11) is 0. The maximum absolute atomic E-state index is 11.9. The van der Waals surface area contributed by atoms with Crippen molar-refractivity contribution < 1.29 is 19.4 Å². The van der Waals surface area contributed by atoms with Crippen LogP contribution in [-0.2, 0) is 16.0 Å². The first kappa shape index (κ1) is 14.8. The Morgan fingerprint density at radius 1 is 1.60 bits per heavy atom. The van der Waals surface area contributed by atoms with Crippen molar-refractivity contribution in [2.75, 3.05) is 13.2 Å². The number of carbonyl (C=O) groups is 2. The van der Waals surface area contributed by atoms with Gasteiger partial charge in [-0.3, -0.25) is 0 Å². The topological polar surface area (TPSA) is 87.7 Å². The second-order valence-corrected chi connectivity index (χ2v) is 6.01. The molecular weight excluding hydrogens is 280 g/mol. The first-order valence-corrected chi connectivity index (χ1v) is 7.32. The summed E-state index contributed by atoms with van der Waals surface area (Å²) in [5.41, 5.74) is -1.30. The molecule has 2 rings (SSSR count). The van der Waals surface area contributed by atoms with Crippen molar-refractivity contribution in [3.8, 4) is 0 Å². The fourth-order valence-electron chi connectivity index (χ4n) is 2.14. The number of carboxylic acids is 1. The number of carbonyl (C=O) groups excluding carboxylic acids is 1. The zero-order chi connectivity index (χ0) is 14.6. The summed E-state index contributed by atoms with van der Waals surface area (Å²) < 4.78 is 5.09. The van der Waals surface area contributed by atoms with Crippen molar-refractivity contribution in [2.24, 2.45) is 0 Å². The summed E-state index contributed by atoms with van der Waals surface area (Å²) >= 11 is 1.63. The molecule has 1 aliphatic rings. The minimum atomic E-state index is -1.30. The van der Waals surface area contributed by atoms with E-state index in [2.05, 4.69) is 10.6 Å². The van der Waals surface area contributed by atoms with E-state index in [4.69, 9.17) is 4.74 Å².